The van der Waals surface area contributed by atoms with Gasteiger partial charge in [-0.15, -0.1) is 0 Å². The molecule has 4 saturated carbocycles. The molecule has 0 aromatic rings. The third-order valence-electron chi connectivity index (χ3n) is 13.8. The number of hydrogen-bond acceptors (Lipinski definition) is 8. The minimum absolute atomic E-state index is 0.0137. The van der Waals surface area contributed by atoms with Gasteiger partial charge in [0.15, 0.2) is 0 Å². The summed E-state index contributed by atoms with van der Waals surface area (Å²) in [6.07, 6.45) is 15.0. The molecule has 4 aliphatic rings. The molecule has 4 rings (SSSR count). The van der Waals surface area contributed by atoms with Crippen LogP contribution in [0.25, 0.3) is 0 Å². The molecule has 4 fully saturated rings. The van der Waals surface area contributed by atoms with Crippen molar-refractivity contribution in [2.24, 2.45) is 58.0 Å². The van der Waals surface area contributed by atoms with E-state index in [1.807, 2.05) is 13.8 Å². The van der Waals surface area contributed by atoms with Gasteiger partial charge in [0.25, 0.3) is 0 Å². The van der Waals surface area contributed by atoms with E-state index in [1.54, 1.807) is 0 Å². The lowest BCUT2D eigenvalue weighted by molar-refractivity contribution is -0.167. The van der Waals surface area contributed by atoms with Crippen molar-refractivity contribution in [3.05, 3.63) is 0 Å². The SMILES string of the molecule is CC(C)[C@@H](CC[C@@H](C)[C@H]1CC[C@H]2C3[C@H](O)C[C@H]4C[C@@H](NCCCNCCCCNCCCN)CC[C@]4(C)[C@H]3CC[C@]12C)OS(=O)(=O)O. The van der Waals surface area contributed by atoms with Gasteiger partial charge >= 0.3 is 10.4 Å². The molecule has 276 valence electrons. The Kier molecular flexibility index (Phi) is 14.9. The van der Waals surface area contributed by atoms with Gasteiger partial charge in [-0.05, 0) is 181 Å². The number of nitrogens with two attached hydrogens (primary N) is 1. The van der Waals surface area contributed by atoms with Crippen LogP contribution >= 0.6 is 0 Å². The van der Waals surface area contributed by atoms with E-state index in [4.69, 9.17) is 9.92 Å². The smallest absolute Gasteiger partial charge is 0.393 e. The van der Waals surface area contributed by atoms with Crippen molar-refractivity contribution in [2.45, 2.75) is 143 Å². The first-order valence-electron chi connectivity index (χ1n) is 19.5. The number of hydrogen-bond donors (Lipinski definition) is 6. The van der Waals surface area contributed by atoms with Gasteiger partial charge in [-0.25, -0.2) is 4.18 Å². The lowest BCUT2D eigenvalue weighted by Crippen LogP contribution is -2.59. The maximum atomic E-state index is 11.8. The van der Waals surface area contributed by atoms with Crippen LogP contribution in [0.2, 0.25) is 0 Å². The van der Waals surface area contributed by atoms with E-state index in [2.05, 4.69) is 36.7 Å². The summed E-state index contributed by atoms with van der Waals surface area (Å²) in [6, 6.07) is 0.571. The molecule has 4 aliphatic carbocycles. The van der Waals surface area contributed by atoms with Crippen molar-refractivity contribution in [3.63, 3.8) is 0 Å². The molecule has 0 aromatic carbocycles. The molecule has 1 unspecified atom stereocenters. The van der Waals surface area contributed by atoms with E-state index in [-0.39, 0.29) is 17.4 Å². The minimum Gasteiger partial charge on any atom is -0.393 e. The Bertz CT molecular complexity index is 1050. The molecular weight excluding hydrogens is 612 g/mol. The second kappa shape index (κ2) is 17.7. The zero-order valence-corrected chi connectivity index (χ0v) is 31.3. The van der Waals surface area contributed by atoms with Gasteiger partial charge in [-0.3, -0.25) is 4.55 Å². The second-order valence-corrected chi connectivity index (χ2v) is 18.1. The largest absolute Gasteiger partial charge is 0.397 e. The highest BCUT2D eigenvalue weighted by Crippen LogP contribution is 2.68. The summed E-state index contributed by atoms with van der Waals surface area (Å²) in [5.41, 5.74) is 6.08. The zero-order chi connectivity index (χ0) is 34.2. The standard InChI is InChI=1S/C37H72N4O5S/c1-26(2)34(46-47(43,44)45)13-10-27(3)30-11-12-31-35-32(15-17-37(30,31)5)36(4)16-14-29(24-28(36)25-33(35)42)41-23-9-22-40-20-7-6-19-39-21-8-18-38/h26-35,39-42H,6-25,38H2,1-5H3,(H,43,44,45)/t27-,28-,29+,30-,31+,32+,33-,34-,35?,36+,37-/m1/s1. The molecule has 0 heterocycles. The van der Waals surface area contributed by atoms with Crippen LogP contribution in [-0.2, 0) is 14.6 Å². The molecule has 47 heavy (non-hydrogen) atoms. The second-order valence-electron chi connectivity index (χ2n) is 17.0. The Labute approximate surface area is 288 Å². The van der Waals surface area contributed by atoms with E-state index < -0.39 is 16.5 Å². The fourth-order valence-corrected chi connectivity index (χ4v) is 11.8. The van der Waals surface area contributed by atoms with Gasteiger partial charge < -0.3 is 26.8 Å². The van der Waals surface area contributed by atoms with Crippen LogP contribution in [0.5, 0.6) is 0 Å². The van der Waals surface area contributed by atoms with Crippen LogP contribution in [0.3, 0.4) is 0 Å². The third-order valence-corrected chi connectivity index (χ3v) is 14.3. The highest BCUT2D eigenvalue weighted by Gasteiger charge is 2.62. The van der Waals surface area contributed by atoms with Gasteiger partial charge in [0, 0.05) is 6.04 Å². The summed E-state index contributed by atoms with van der Waals surface area (Å²) >= 11 is 0. The number of aliphatic hydroxyl groups is 1. The van der Waals surface area contributed by atoms with E-state index in [0.29, 0.717) is 53.4 Å². The molecule has 0 aromatic heterocycles. The molecule has 0 amide bonds. The van der Waals surface area contributed by atoms with E-state index in [0.717, 1.165) is 65.0 Å². The Balaban J connectivity index is 1.23. The Hall–Kier alpha value is -0.330. The summed E-state index contributed by atoms with van der Waals surface area (Å²) in [7, 11) is -4.46. The van der Waals surface area contributed by atoms with Gasteiger partial charge in [0.05, 0.1) is 12.2 Å². The van der Waals surface area contributed by atoms with Crippen LogP contribution < -0.4 is 21.7 Å². The molecule has 11 atom stereocenters. The van der Waals surface area contributed by atoms with Gasteiger partial charge in [0.1, 0.15) is 0 Å². The van der Waals surface area contributed by atoms with Crippen LogP contribution in [0.4, 0.5) is 0 Å². The Morgan fingerprint density at radius 1 is 0.830 bits per heavy atom. The zero-order valence-electron chi connectivity index (χ0n) is 30.5. The quantitative estimate of drug-likeness (QED) is 0.0720. The maximum Gasteiger partial charge on any atom is 0.397 e. The fraction of sp³-hybridized carbons (Fsp3) is 1.00. The predicted octanol–water partition coefficient (Wildman–Crippen LogP) is 5.53. The van der Waals surface area contributed by atoms with Crippen molar-refractivity contribution in [3.8, 4) is 0 Å². The number of rotatable bonds is 20. The molecule has 0 aliphatic heterocycles. The summed E-state index contributed by atoms with van der Waals surface area (Å²) in [4.78, 5) is 0. The lowest BCUT2D eigenvalue weighted by Gasteiger charge is -2.62. The van der Waals surface area contributed by atoms with Gasteiger partial charge in [-0.2, -0.15) is 8.42 Å². The third kappa shape index (κ3) is 10.1. The molecule has 10 heteroatoms. The molecular formula is C37H72N4O5S. The van der Waals surface area contributed by atoms with Crippen molar-refractivity contribution in [1.82, 2.24) is 16.0 Å². The summed E-state index contributed by atoms with van der Waals surface area (Å²) in [6.45, 7) is 17.4. The molecule has 0 radical (unpaired) electrons. The lowest BCUT2D eigenvalue weighted by atomic mass is 9.43. The summed E-state index contributed by atoms with van der Waals surface area (Å²) in [5, 5.41) is 22.8. The molecule has 0 spiro atoms. The number of unbranched alkanes of at least 4 members (excludes halogenated alkanes) is 1. The van der Waals surface area contributed by atoms with Crippen LogP contribution in [0.1, 0.15) is 125 Å². The molecule has 7 N–H and O–H groups in total. The summed E-state index contributed by atoms with van der Waals surface area (Å²) in [5.74, 6) is 3.20. The first-order valence-corrected chi connectivity index (χ1v) is 20.8. The van der Waals surface area contributed by atoms with Gasteiger partial charge in [-0.1, -0.05) is 34.6 Å². The van der Waals surface area contributed by atoms with Crippen LogP contribution in [-0.4, -0.2) is 75.6 Å². The normalized spacial score (nSPS) is 36.9. The summed E-state index contributed by atoms with van der Waals surface area (Å²) < 4.78 is 37.2. The number of nitrogens with one attached hydrogen (secondary N) is 3. The minimum atomic E-state index is -4.46. The fourth-order valence-electron chi connectivity index (χ4n) is 11.2. The monoisotopic (exact) mass is 685 g/mol. The Morgan fingerprint density at radius 3 is 2.13 bits per heavy atom. The van der Waals surface area contributed by atoms with Crippen molar-refractivity contribution in [1.29, 1.82) is 0 Å². The highest BCUT2D eigenvalue weighted by molar-refractivity contribution is 7.80. The van der Waals surface area contributed by atoms with Crippen molar-refractivity contribution in [2.75, 3.05) is 39.3 Å². The first-order chi connectivity index (χ1) is 22.3. The number of fused-ring (bicyclic) bond motifs is 5. The van der Waals surface area contributed by atoms with E-state index in [1.165, 1.54) is 57.8 Å². The average Bonchev–Trinajstić information content (AvgIpc) is 3.36. The van der Waals surface area contributed by atoms with E-state index in [9.17, 15) is 18.1 Å². The van der Waals surface area contributed by atoms with Crippen LogP contribution in [0.15, 0.2) is 0 Å². The number of aliphatic hydroxyl groups excluding tert-OH is 1. The highest BCUT2D eigenvalue weighted by atomic mass is 32.3. The maximum absolute atomic E-state index is 11.8. The Morgan fingerprint density at radius 2 is 1.47 bits per heavy atom. The molecule has 9 nitrogen and oxygen atoms in total. The van der Waals surface area contributed by atoms with Crippen molar-refractivity contribution < 1.29 is 22.3 Å². The average molecular weight is 685 g/mol. The first kappa shape index (κ1) is 39.5. The van der Waals surface area contributed by atoms with Gasteiger partial charge in [0.2, 0.25) is 0 Å². The molecule has 0 bridgehead atoms. The molecule has 0 saturated heterocycles. The predicted molar refractivity (Wildman–Crippen MR) is 191 cm³/mol. The van der Waals surface area contributed by atoms with Crippen molar-refractivity contribution >= 4 is 10.4 Å². The van der Waals surface area contributed by atoms with E-state index >= 15 is 0 Å². The van der Waals surface area contributed by atoms with Crippen LogP contribution in [0, 0.1) is 52.3 Å². The topological polar surface area (TPSA) is 146 Å².